The normalized spacial score (nSPS) is 12.9. The summed E-state index contributed by atoms with van der Waals surface area (Å²) in [4.78, 5) is 10.5. The Morgan fingerprint density at radius 1 is 1.33 bits per heavy atom. The highest BCUT2D eigenvalue weighted by atomic mass is 32.1. The molecule has 3 nitrogen and oxygen atoms in total. The van der Waals surface area contributed by atoms with Gasteiger partial charge in [0.1, 0.15) is 10.7 Å². The van der Waals surface area contributed by atoms with Gasteiger partial charge in [-0.3, -0.25) is 0 Å². The van der Waals surface area contributed by atoms with Gasteiger partial charge in [0.15, 0.2) is 0 Å². The first-order valence-corrected chi connectivity index (χ1v) is 7.94. The average molecular weight is 281 g/mol. The lowest BCUT2D eigenvalue weighted by molar-refractivity contribution is 0.575. The van der Waals surface area contributed by atoms with Crippen LogP contribution in [0.3, 0.4) is 0 Å². The van der Waals surface area contributed by atoms with Gasteiger partial charge in [0.25, 0.3) is 0 Å². The van der Waals surface area contributed by atoms with Crippen LogP contribution < -0.4 is 5.32 Å². The summed E-state index contributed by atoms with van der Waals surface area (Å²) >= 11 is 3.43. The van der Waals surface area contributed by atoms with Gasteiger partial charge in [0.2, 0.25) is 0 Å². The molecule has 0 bridgehead atoms. The third kappa shape index (κ3) is 2.96. The van der Waals surface area contributed by atoms with Gasteiger partial charge in [-0.1, -0.05) is 6.92 Å². The van der Waals surface area contributed by atoms with Crippen LogP contribution in [0.4, 0.5) is 0 Å². The topological polar surface area (TPSA) is 37.8 Å². The van der Waals surface area contributed by atoms with E-state index in [4.69, 9.17) is 0 Å². The lowest BCUT2D eigenvalue weighted by Gasteiger charge is -2.11. The van der Waals surface area contributed by atoms with E-state index in [0.29, 0.717) is 6.04 Å². The monoisotopic (exact) mass is 281 g/mol. The summed E-state index contributed by atoms with van der Waals surface area (Å²) in [7, 11) is 0. The molecule has 1 N–H and O–H groups in total. The number of nitrogens with zero attached hydrogens (tertiary/aromatic N) is 2. The van der Waals surface area contributed by atoms with Crippen LogP contribution in [-0.4, -0.2) is 16.5 Å². The lowest BCUT2D eigenvalue weighted by atomic mass is 10.2. The summed E-state index contributed by atoms with van der Waals surface area (Å²) in [5.41, 5.74) is 2.14. The van der Waals surface area contributed by atoms with E-state index in [2.05, 4.69) is 41.4 Å². The van der Waals surface area contributed by atoms with Crippen LogP contribution in [0.25, 0.3) is 10.7 Å². The molecule has 18 heavy (non-hydrogen) atoms. The summed E-state index contributed by atoms with van der Waals surface area (Å²) < 4.78 is 0. The molecule has 0 spiro atoms. The first-order valence-electron chi connectivity index (χ1n) is 6.25. The third-order valence-corrected chi connectivity index (χ3v) is 4.90. The molecule has 0 fully saturated rings. The van der Waals surface area contributed by atoms with Crippen LogP contribution in [0.5, 0.6) is 0 Å². The Balaban J connectivity index is 2.21. The van der Waals surface area contributed by atoms with Gasteiger partial charge < -0.3 is 5.32 Å². The van der Waals surface area contributed by atoms with Gasteiger partial charge in [-0.25, -0.2) is 9.97 Å². The van der Waals surface area contributed by atoms with Crippen molar-refractivity contribution in [2.45, 2.75) is 40.2 Å². The number of hydrogen-bond donors (Lipinski definition) is 1. The molecule has 5 heteroatoms. The Kier molecular flexibility index (Phi) is 4.48. The van der Waals surface area contributed by atoms with Crippen LogP contribution in [0.2, 0.25) is 0 Å². The minimum atomic E-state index is 0.371. The average Bonchev–Trinajstić information content (AvgIpc) is 2.92. The first kappa shape index (κ1) is 13.6. The van der Waals surface area contributed by atoms with Crippen molar-refractivity contribution in [3.63, 3.8) is 0 Å². The van der Waals surface area contributed by atoms with E-state index in [9.17, 15) is 0 Å². The smallest absolute Gasteiger partial charge is 0.143 e. The molecule has 2 aromatic rings. The molecule has 0 radical (unpaired) electrons. The SMILES string of the molecule is CCCNC(C)c1sc(-c2csc(C)n2)nc1C. The quantitative estimate of drug-likeness (QED) is 0.902. The molecular formula is C13H19N3S2. The molecule has 98 valence electrons. The first-order chi connectivity index (χ1) is 8.61. The van der Waals surface area contributed by atoms with Gasteiger partial charge >= 0.3 is 0 Å². The second kappa shape index (κ2) is 5.91. The largest absolute Gasteiger partial charge is 0.309 e. The van der Waals surface area contributed by atoms with E-state index in [-0.39, 0.29) is 0 Å². The summed E-state index contributed by atoms with van der Waals surface area (Å²) in [6.07, 6.45) is 1.15. The zero-order valence-electron chi connectivity index (χ0n) is 11.3. The summed E-state index contributed by atoms with van der Waals surface area (Å²) in [6, 6.07) is 0.371. The predicted molar refractivity (Wildman–Crippen MR) is 79.4 cm³/mol. The van der Waals surface area contributed by atoms with Crippen LogP contribution in [-0.2, 0) is 0 Å². The van der Waals surface area contributed by atoms with Crippen molar-refractivity contribution in [3.05, 3.63) is 21.0 Å². The minimum Gasteiger partial charge on any atom is -0.309 e. The number of thiazole rings is 2. The molecule has 1 atom stereocenters. The summed E-state index contributed by atoms with van der Waals surface area (Å²) in [5.74, 6) is 0. The molecule has 0 saturated heterocycles. The maximum absolute atomic E-state index is 4.65. The Morgan fingerprint density at radius 3 is 2.72 bits per heavy atom. The second-order valence-electron chi connectivity index (χ2n) is 4.40. The predicted octanol–water partition coefficient (Wildman–Crippen LogP) is 3.94. The molecule has 0 aliphatic rings. The molecule has 2 rings (SSSR count). The van der Waals surface area contributed by atoms with E-state index in [1.807, 2.05) is 6.92 Å². The molecule has 0 aliphatic carbocycles. The maximum atomic E-state index is 4.65. The molecular weight excluding hydrogens is 262 g/mol. The van der Waals surface area contributed by atoms with E-state index in [0.717, 1.165) is 34.4 Å². The lowest BCUT2D eigenvalue weighted by Crippen LogP contribution is -2.18. The highest BCUT2D eigenvalue weighted by Crippen LogP contribution is 2.32. The highest BCUT2D eigenvalue weighted by Gasteiger charge is 2.15. The molecule has 2 heterocycles. The zero-order chi connectivity index (χ0) is 13.1. The van der Waals surface area contributed by atoms with E-state index < -0.39 is 0 Å². The van der Waals surface area contributed by atoms with Gasteiger partial charge in [0, 0.05) is 16.3 Å². The van der Waals surface area contributed by atoms with Crippen LogP contribution >= 0.6 is 22.7 Å². The minimum absolute atomic E-state index is 0.371. The molecule has 1 unspecified atom stereocenters. The van der Waals surface area contributed by atoms with Crippen molar-refractivity contribution in [2.75, 3.05) is 6.54 Å². The zero-order valence-corrected chi connectivity index (χ0v) is 12.9. The third-order valence-electron chi connectivity index (χ3n) is 2.76. The maximum Gasteiger partial charge on any atom is 0.143 e. The summed E-state index contributed by atoms with van der Waals surface area (Å²) in [6.45, 7) is 9.54. The molecule has 0 aromatic carbocycles. The molecule has 0 amide bonds. The second-order valence-corrected chi connectivity index (χ2v) is 6.49. The van der Waals surface area contributed by atoms with Gasteiger partial charge in [-0.2, -0.15) is 0 Å². The van der Waals surface area contributed by atoms with Crippen LogP contribution in [0.15, 0.2) is 5.38 Å². The number of aryl methyl sites for hydroxylation is 2. The number of hydrogen-bond acceptors (Lipinski definition) is 5. The Bertz CT molecular complexity index is 516. The van der Waals surface area contributed by atoms with Crippen molar-refractivity contribution >= 4 is 22.7 Å². The molecule has 2 aromatic heterocycles. The fourth-order valence-electron chi connectivity index (χ4n) is 1.83. The number of nitrogens with one attached hydrogen (secondary N) is 1. The number of rotatable bonds is 5. The van der Waals surface area contributed by atoms with Gasteiger partial charge in [-0.05, 0) is 33.7 Å². The standard InChI is InChI=1S/C13H19N3S2/c1-5-6-14-8(2)12-9(3)15-13(18-12)11-7-17-10(4)16-11/h7-8,14H,5-6H2,1-4H3. The van der Waals surface area contributed by atoms with Crippen molar-refractivity contribution in [2.24, 2.45) is 0 Å². The van der Waals surface area contributed by atoms with Crippen LogP contribution in [0, 0.1) is 13.8 Å². The van der Waals surface area contributed by atoms with Crippen molar-refractivity contribution in [1.29, 1.82) is 0 Å². The van der Waals surface area contributed by atoms with Gasteiger partial charge in [0.05, 0.1) is 10.7 Å². The van der Waals surface area contributed by atoms with Crippen LogP contribution in [0.1, 0.15) is 41.9 Å². The Hall–Kier alpha value is -0.780. The Labute approximate surface area is 116 Å². The van der Waals surface area contributed by atoms with Crippen molar-refractivity contribution < 1.29 is 0 Å². The van der Waals surface area contributed by atoms with E-state index >= 15 is 0 Å². The molecule has 0 saturated carbocycles. The van der Waals surface area contributed by atoms with Crippen molar-refractivity contribution in [3.8, 4) is 10.7 Å². The fourth-order valence-corrected chi connectivity index (χ4v) is 3.56. The fraction of sp³-hybridized carbons (Fsp3) is 0.538. The van der Waals surface area contributed by atoms with E-state index in [1.165, 1.54) is 4.88 Å². The molecule has 0 aliphatic heterocycles. The number of aromatic nitrogens is 2. The van der Waals surface area contributed by atoms with Crippen molar-refractivity contribution in [1.82, 2.24) is 15.3 Å². The van der Waals surface area contributed by atoms with E-state index in [1.54, 1.807) is 22.7 Å². The Morgan fingerprint density at radius 2 is 2.11 bits per heavy atom. The summed E-state index contributed by atoms with van der Waals surface area (Å²) in [5, 5.41) is 7.73. The van der Waals surface area contributed by atoms with Gasteiger partial charge in [-0.15, -0.1) is 22.7 Å². The highest BCUT2D eigenvalue weighted by molar-refractivity contribution is 7.15.